The predicted molar refractivity (Wildman–Crippen MR) is 104 cm³/mol. The topological polar surface area (TPSA) is 0 Å². The summed E-state index contributed by atoms with van der Waals surface area (Å²) in [5.74, 6) is 1.37. The van der Waals surface area contributed by atoms with Gasteiger partial charge >= 0.3 is 0 Å². The fourth-order valence-electron chi connectivity index (χ4n) is 5.17. The van der Waals surface area contributed by atoms with Gasteiger partial charge in [0.2, 0.25) is 0 Å². The molecule has 4 rings (SSSR count). The van der Waals surface area contributed by atoms with E-state index in [1.165, 1.54) is 75.3 Å². The number of halogens is 1. The van der Waals surface area contributed by atoms with Crippen molar-refractivity contribution in [2.75, 3.05) is 0 Å². The lowest BCUT2D eigenvalue weighted by atomic mass is 9.79. The predicted octanol–water partition coefficient (Wildman–Crippen LogP) is 7.56. The van der Waals surface area contributed by atoms with Gasteiger partial charge in [-0.3, -0.25) is 0 Å². The molecule has 1 aromatic carbocycles. The van der Waals surface area contributed by atoms with Crippen LogP contribution in [-0.2, 0) is 0 Å². The van der Waals surface area contributed by atoms with Crippen molar-refractivity contribution in [1.82, 2.24) is 0 Å². The summed E-state index contributed by atoms with van der Waals surface area (Å²) in [4.78, 5) is 0. The SMILES string of the molecule is Fc1cc(C2CCCCC2)ccc1C1=CC=C(C2CCCCC2)CC1. The van der Waals surface area contributed by atoms with Gasteiger partial charge in [0.05, 0.1) is 0 Å². The van der Waals surface area contributed by atoms with E-state index in [2.05, 4.69) is 18.2 Å². The summed E-state index contributed by atoms with van der Waals surface area (Å²) in [6, 6.07) is 6.06. The van der Waals surface area contributed by atoms with E-state index < -0.39 is 0 Å². The summed E-state index contributed by atoms with van der Waals surface area (Å²) in [6.45, 7) is 0. The first-order valence-electron chi connectivity index (χ1n) is 10.5. The maximum Gasteiger partial charge on any atom is 0.130 e. The van der Waals surface area contributed by atoms with Crippen LogP contribution in [0.3, 0.4) is 0 Å². The summed E-state index contributed by atoms with van der Waals surface area (Å²) < 4.78 is 14.8. The van der Waals surface area contributed by atoms with E-state index in [-0.39, 0.29) is 5.82 Å². The highest BCUT2D eigenvalue weighted by molar-refractivity contribution is 5.69. The van der Waals surface area contributed by atoms with E-state index in [1.807, 2.05) is 12.1 Å². The van der Waals surface area contributed by atoms with Crippen LogP contribution in [0.4, 0.5) is 4.39 Å². The monoisotopic (exact) mass is 338 g/mol. The van der Waals surface area contributed by atoms with E-state index >= 15 is 0 Å². The zero-order valence-corrected chi connectivity index (χ0v) is 15.4. The molecule has 0 radical (unpaired) electrons. The summed E-state index contributed by atoms with van der Waals surface area (Å²) in [6.07, 6.45) is 19.9. The minimum absolute atomic E-state index is 0.0103. The molecule has 0 spiro atoms. The normalized spacial score (nSPS) is 23.2. The van der Waals surface area contributed by atoms with E-state index in [0.717, 1.165) is 24.3 Å². The zero-order valence-electron chi connectivity index (χ0n) is 15.4. The smallest absolute Gasteiger partial charge is 0.130 e. The molecule has 0 N–H and O–H groups in total. The summed E-state index contributed by atoms with van der Waals surface area (Å²) in [5.41, 5.74) is 4.85. The molecule has 0 aromatic heterocycles. The largest absolute Gasteiger partial charge is 0.206 e. The molecule has 2 fully saturated rings. The van der Waals surface area contributed by atoms with E-state index in [9.17, 15) is 4.39 Å². The number of rotatable bonds is 3. The Bertz CT molecular complexity index is 655. The van der Waals surface area contributed by atoms with Crippen LogP contribution in [0.1, 0.15) is 94.1 Å². The lowest BCUT2D eigenvalue weighted by Gasteiger charge is -2.27. The molecule has 0 bridgehead atoms. The van der Waals surface area contributed by atoms with Gasteiger partial charge in [0.25, 0.3) is 0 Å². The van der Waals surface area contributed by atoms with Crippen LogP contribution in [0.5, 0.6) is 0 Å². The second-order valence-electron chi connectivity index (χ2n) is 8.34. The Balaban J connectivity index is 1.49. The zero-order chi connectivity index (χ0) is 17.1. The molecule has 1 heteroatoms. The molecule has 25 heavy (non-hydrogen) atoms. The molecule has 0 amide bonds. The Labute approximate surface area is 152 Å². The second kappa shape index (κ2) is 7.89. The molecule has 0 heterocycles. The van der Waals surface area contributed by atoms with Gasteiger partial charge in [-0.2, -0.15) is 0 Å². The van der Waals surface area contributed by atoms with Crippen molar-refractivity contribution < 1.29 is 4.39 Å². The van der Waals surface area contributed by atoms with E-state index in [1.54, 1.807) is 5.57 Å². The number of benzene rings is 1. The number of allylic oxidation sites excluding steroid dienone is 4. The van der Waals surface area contributed by atoms with Gasteiger partial charge in [0.15, 0.2) is 0 Å². The molecule has 2 saturated carbocycles. The molecule has 0 unspecified atom stereocenters. The highest BCUT2D eigenvalue weighted by Gasteiger charge is 2.21. The molecular weight excluding hydrogens is 307 g/mol. The van der Waals surface area contributed by atoms with Crippen molar-refractivity contribution in [2.24, 2.45) is 5.92 Å². The quantitative estimate of drug-likeness (QED) is 0.533. The molecule has 0 atom stereocenters. The minimum atomic E-state index is -0.0103. The van der Waals surface area contributed by atoms with Crippen molar-refractivity contribution >= 4 is 5.57 Å². The van der Waals surface area contributed by atoms with E-state index in [4.69, 9.17) is 0 Å². The van der Waals surface area contributed by atoms with Crippen LogP contribution in [0.15, 0.2) is 35.9 Å². The van der Waals surface area contributed by atoms with Crippen LogP contribution in [0, 0.1) is 11.7 Å². The summed E-state index contributed by atoms with van der Waals surface area (Å²) in [7, 11) is 0. The number of hydrogen-bond acceptors (Lipinski definition) is 0. The Hall–Kier alpha value is -1.37. The Morgan fingerprint density at radius 3 is 2.00 bits per heavy atom. The van der Waals surface area contributed by atoms with E-state index in [0.29, 0.717) is 5.92 Å². The maximum atomic E-state index is 14.8. The summed E-state index contributed by atoms with van der Waals surface area (Å²) in [5, 5.41) is 0. The van der Waals surface area contributed by atoms with Crippen LogP contribution in [0.2, 0.25) is 0 Å². The van der Waals surface area contributed by atoms with Gasteiger partial charge in [-0.1, -0.05) is 68.4 Å². The van der Waals surface area contributed by atoms with Crippen LogP contribution < -0.4 is 0 Å². The van der Waals surface area contributed by atoms with Crippen molar-refractivity contribution in [3.05, 3.63) is 52.9 Å². The average molecular weight is 339 g/mol. The highest BCUT2D eigenvalue weighted by Crippen LogP contribution is 2.38. The summed E-state index contributed by atoms with van der Waals surface area (Å²) >= 11 is 0. The van der Waals surface area contributed by atoms with Gasteiger partial charge in [0.1, 0.15) is 5.82 Å². The average Bonchev–Trinajstić information content (AvgIpc) is 2.69. The van der Waals surface area contributed by atoms with Crippen LogP contribution >= 0.6 is 0 Å². The molecule has 3 aliphatic rings. The standard InChI is InChI=1S/C24H31F/c25-24-17-22(19-9-5-2-6-10-19)15-16-23(24)21-13-11-20(12-14-21)18-7-3-1-4-8-18/h11,13,15-19H,1-10,12,14H2. The van der Waals surface area contributed by atoms with Gasteiger partial charge in [-0.15, -0.1) is 0 Å². The fraction of sp³-hybridized carbons (Fsp3) is 0.583. The third-order valence-corrected chi connectivity index (χ3v) is 6.73. The maximum absolute atomic E-state index is 14.8. The fourth-order valence-corrected chi connectivity index (χ4v) is 5.17. The van der Waals surface area contributed by atoms with Gasteiger partial charge < -0.3 is 0 Å². The molecular formula is C24H31F. The first-order chi connectivity index (χ1) is 12.3. The Morgan fingerprint density at radius 2 is 1.40 bits per heavy atom. The third-order valence-electron chi connectivity index (χ3n) is 6.73. The van der Waals surface area contributed by atoms with Gasteiger partial charge in [0, 0.05) is 5.56 Å². The molecule has 0 saturated heterocycles. The molecule has 0 nitrogen and oxygen atoms in total. The van der Waals surface area contributed by atoms with Crippen LogP contribution in [-0.4, -0.2) is 0 Å². The van der Waals surface area contributed by atoms with Crippen molar-refractivity contribution in [2.45, 2.75) is 83.0 Å². The Kier molecular flexibility index (Phi) is 5.39. The van der Waals surface area contributed by atoms with Crippen molar-refractivity contribution in [3.8, 4) is 0 Å². The molecule has 0 aliphatic heterocycles. The van der Waals surface area contributed by atoms with Crippen molar-refractivity contribution in [1.29, 1.82) is 0 Å². The molecule has 134 valence electrons. The van der Waals surface area contributed by atoms with Crippen molar-refractivity contribution in [3.63, 3.8) is 0 Å². The highest BCUT2D eigenvalue weighted by atomic mass is 19.1. The molecule has 3 aliphatic carbocycles. The van der Waals surface area contributed by atoms with Gasteiger partial charge in [-0.05, 0) is 67.6 Å². The number of hydrogen-bond donors (Lipinski definition) is 0. The Morgan fingerprint density at radius 1 is 0.720 bits per heavy atom. The first kappa shape index (κ1) is 17.1. The lowest BCUT2D eigenvalue weighted by Crippen LogP contribution is -2.11. The van der Waals surface area contributed by atoms with Crippen LogP contribution in [0.25, 0.3) is 5.57 Å². The lowest BCUT2D eigenvalue weighted by molar-refractivity contribution is 0.395. The molecule has 1 aromatic rings. The minimum Gasteiger partial charge on any atom is -0.206 e. The second-order valence-corrected chi connectivity index (χ2v) is 8.34. The van der Waals surface area contributed by atoms with Gasteiger partial charge in [-0.25, -0.2) is 4.39 Å². The first-order valence-corrected chi connectivity index (χ1v) is 10.5. The third kappa shape index (κ3) is 3.91.